The normalized spacial score (nSPS) is 18.3. The Labute approximate surface area is 162 Å². The van der Waals surface area contributed by atoms with Gasteiger partial charge in [-0.25, -0.2) is 0 Å². The number of likely N-dealkylation sites (N-methyl/N-ethyl adjacent to an activating group) is 1. The van der Waals surface area contributed by atoms with Crippen LogP contribution in [0, 0.1) is 5.92 Å². The number of ether oxygens (including phenoxy) is 1. The summed E-state index contributed by atoms with van der Waals surface area (Å²) in [5.74, 6) is 0.363. The number of likely N-dealkylation sites (tertiary alicyclic amines) is 1. The number of benzene rings is 1. The lowest BCUT2D eigenvalue weighted by Gasteiger charge is -2.26. The van der Waals surface area contributed by atoms with E-state index in [4.69, 9.17) is 4.74 Å². The fourth-order valence-corrected chi connectivity index (χ4v) is 3.50. The summed E-state index contributed by atoms with van der Waals surface area (Å²) >= 11 is 0. The molecule has 0 aliphatic carbocycles. The van der Waals surface area contributed by atoms with Gasteiger partial charge in [-0.2, -0.15) is 0 Å². The first-order valence-corrected chi connectivity index (χ1v) is 10.0. The Balaban J connectivity index is 1.93. The molecule has 150 valence electrons. The van der Waals surface area contributed by atoms with Crippen molar-refractivity contribution in [2.24, 2.45) is 5.92 Å². The molecule has 2 unspecified atom stereocenters. The molecular weight excluding hydrogens is 342 g/mol. The summed E-state index contributed by atoms with van der Waals surface area (Å²) in [6.45, 7) is 11.3. The van der Waals surface area contributed by atoms with E-state index >= 15 is 0 Å². The van der Waals surface area contributed by atoms with Crippen molar-refractivity contribution in [2.45, 2.75) is 52.6 Å². The van der Waals surface area contributed by atoms with E-state index in [9.17, 15) is 9.59 Å². The molecule has 2 amide bonds. The minimum Gasteiger partial charge on any atom is -0.494 e. The van der Waals surface area contributed by atoms with Crippen LogP contribution >= 0.6 is 0 Å². The van der Waals surface area contributed by atoms with E-state index in [1.807, 2.05) is 20.8 Å². The van der Waals surface area contributed by atoms with E-state index in [1.54, 1.807) is 24.3 Å². The molecule has 1 aromatic rings. The molecule has 0 bridgehead atoms. The first-order valence-electron chi connectivity index (χ1n) is 10.0. The third-order valence-electron chi connectivity index (χ3n) is 5.08. The van der Waals surface area contributed by atoms with Crippen molar-refractivity contribution in [2.75, 3.05) is 26.2 Å². The number of amides is 2. The van der Waals surface area contributed by atoms with E-state index in [-0.39, 0.29) is 17.7 Å². The van der Waals surface area contributed by atoms with Crippen molar-refractivity contribution in [3.8, 4) is 5.75 Å². The Morgan fingerprint density at radius 2 is 1.93 bits per heavy atom. The number of hydrogen-bond acceptors (Lipinski definition) is 4. The van der Waals surface area contributed by atoms with Crippen molar-refractivity contribution in [3.63, 3.8) is 0 Å². The molecule has 1 aromatic carbocycles. The van der Waals surface area contributed by atoms with Crippen LogP contribution in [0.15, 0.2) is 24.3 Å². The summed E-state index contributed by atoms with van der Waals surface area (Å²) < 4.78 is 5.40. The molecule has 2 atom stereocenters. The molecule has 0 radical (unpaired) electrons. The van der Waals surface area contributed by atoms with Gasteiger partial charge in [0.05, 0.1) is 6.61 Å². The highest BCUT2D eigenvalue weighted by Crippen LogP contribution is 2.16. The zero-order chi connectivity index (χ0) is 19.8. The highest BCUT2D eigenvalue weighted by Gasteiger charge is 2.27. The predicted octanol–water partition coefficient (Wildman–Crippen LogP) is 2.44. The lowest BCUT2D eigenvalue weighted by Crippen LogP contribution is -2.52. The summed E-state index contributed by atoms with van der Waals surface area (Å²) in [6.07, 6.45) is 2.29. The van der Waals surface area contributed by atoms with Crippen LogP contribution in [-0.2, 0) is 4.79 Å². The van der Waals surface area contributed by atoms with Crippen LogP contribution in [0.25, 0.3) is 0 Å². The molecule has 2 N–H and O–H groups in total. The predicted molar refractivity (Wildman–Crippen MR) is 107 cm³/mol. The van der Waals surface area contributed by atoms with Crippen molar-refractivity contribution in [1.29, 1.82) is 0 Å². The van der Waals surface area contributed by atoms with Gasteiger partial charge in [-0.1, -0.05) is 20.8 Å². The molecule has 27 heavy (non-hydrogen) atoms. The number of nitrogens with zero attached hydrogens (tertiary/aromatic N) is 1. The van der Waals surface area contributed by atoms with Crippen molar-refractivity contribution in [3.05, 3.63) is 29.8 Å². The molecule has 1 saturated heterocycles. The van der Waals surface area contributed by atoms with Gasteiger partial charge in [0.2, 0.25) is 5.91 Å². The third kappa shape index (κ3) is 5.96. The highest BCUT2D eigenvalue weighted by atomic mass is 16.5. The molecule has 6 nitrogen and oxygen atoms in total. The van der Waals surface area contributed by atoms with E-state index in [2.05, 4.69) is 22.5 Å². The lowest BCUT2D eigenvalue weighted by molar-refractivity contribution is -0.124. The molecule has 0 aromatic heterocycles. The smallest absolute Gasteiger partial charge is 0.251 e. The molecule has 0 spiro atoms. The Bertz CT molecular complexity index is 616. The lowest BCUT2D eigenvalue weighted by atomic mass is 10.0. The molecular formula is C21H33N3O3. The van der Waals surface area contributed by atoms with Crippen molar-refractivity contribution >= 4 is 11.8 Å². The molecule has 1 heterocycles. The second kappa shape index (κ2) is 10.3. The first kappa shape index (κ1) is 21.2. The number of carbonyl (C=O) groups is 2. The maximum atomic E-state index is 12.7. The molecule has 0 saturated carbocycles. The van der Waals surface area contributed by atoms with Gasteiger partial charge >= 0.3 is 0 Å². The van der Waals surface area contributed by atoms with E-state index in [1.165, 1.54) is 6.42 Å². The largest absolute Gasteiger partial charge is 0.494 e. The van der Waals surface area contributed by atoms with Gasteiger partial charge < -0.3 is 15.4 Å². The number of carbonyl (C=O) groups excluding carboxylic acids is 2. The summed E-state index contributed by atoms with van der Waals surface area (Å²) in [6, 6.07) is 6.81. The Morgan fingerprint density at radius 1 is 1.22 bits per heavy atom. The first-order chi connectivity index (χ1) is 13.0. The number of hydrogen-bond donors (Lipinski definition) is 2. The van der Waals surface area contributed by atoms with Gasteiger partial charge in [0.15, 0.2) is 0 Å². The van der Waals surface area contributed by atoms with Crippen LogP contribution in [0.4, 0.5) is 0 Å². The van der Waals surface area contributed by atoms with Gasteiger partial charge in [-0.3, -0.25) is 14.5 Å². The minimum atomic E-state index is -0.555. The van der Waals surface area contributed by atoms with Gasteiger partial charge in [-0.05, 0) is 63.0 Å². The maximum Gasteiger partial charge on any atom is 0.251 e. The molecule has 6 heteroatoms. The second-order valence-corrected chi connectivity index (χ2v) is 7.32. The van der Waals surface area contributed by atoms with Gasteiger partial charge in [0.1, 0.15) is 11.8 Å². The molecule has 1 aliphatic heterocycles. The summed E-state index contributed by atoms with van der Waals surface area (Å²) in [5, 5.41) is 5.92. The van der Waals surface area contributed by atoms with Crippen LogP contribution in [0.2, 0.25) is 0 Å². The Hall–Kier alpha value is -2.08. The molecule has 1 aliphatic rings. The third-order valence-corrected chi connectivity index (χ3v) is 5.08. The van der Waals surface area contributed by atoms with Crippen LogP contribution in [0.5, 0.6) is 5.75 Å². The minimum absolute atomic E-state index is 0.00232. The van der Waals surface area contributed by atoms with Gasteiger partial charge in [0, 0.05) is 18.2 Å². The highest BCUT2D eigenvalue weighted by molar-refractivity contribution is 5.97. The summed E-state index contributed by atoms with van der Waals surface area (Å²) in [7, 11) is 0. The van der Waals surface area contributed by atoms with Crippen LogP contribution in [0.3, 0.4) is 0 Å². The molecule has 2 rings (SSSR count). The van der Waals surface area contributed by atoms with Gasteiger partial charge in [0.25, 0.3) is 5.91 Å². The fraction of sp³-hybridized carbons (Fsp3) is 0.619. The van der Waals surface area contributed by atoms with Crippen molar-refractivity contribution < 1.29 is 14.3 Å². The zero-order valence-electron chi connectivity index (χ0n) is 17.0. The molecule has 1 fully saturated rings. The maximum absolute atomic E-state index is 12.7. The van der Waals surface area contributed by atoms with E-state index < -0.39 is 6.04 Å². The zero-order valence-corrected chi connectivity index (χ0v) is 17.0. The number of rotatable bonds is 9. The average molecular weight is 376 g/mol. The summed E-state index contributed by atoms with van der Waals surface area (Å²) in [5.41, 5.74) is 0.518. The Kier molecular flexibility index (Phi) is 8.10. The van der Waals surface area contributed by atoms with Crippen LogP contribution in [0.1, 0.15) is 50.9 Å². The van der Waals surface area contributed by atoms with Crippen LogP contribution < -0.4 is 15.4 Å². The monoisotopic (exact) mass is 375 g/mol. The quantitative estimate of drug-likeness (QED) is 0.695. The topological polar surface area (TPSA) is 70.7 Å². The van der Waals surface area contributed by atoms with Crippen molar-refractivity contribution in [1.82, 2.24) is 15.5 Å². The fourth-order valence-electron chi connectivity index (χ4n) is 3.50. The second-order valence-electron chi connectivity index (χ2n) is 7.32. The van der Waals surface area contributed by atoms with E-state index in [0.717, 1.165) is 25.3 Å². The number of nitrogens with one attached hydrogen (secondary N) is 2. The van der Waals surface area contributed by atoms with Crippen LogP contribution in [-0.4, -0.2) is 55.0 Å². The Morgan fingerprint density at radius 3 is 2.52 bits per heavy atom. The van der Waals surface area contributed by atoms with Gasteiger partial charge in [-0.15, -0.1) is 0 Å². The SMILES string of the molecule is CCOc1ccc(C(=O)NC(C(=O)NCC2CCCN2CC)C(C)C)cc1. The van der Waals surface area contributed by atoms with E-state index in [0.29, 0.717) is 24.8 Å². The standard InChI is InChI=1S/C21H33N3O3/c1-5-24-13-7-8-17(24)14-22-21(26)19(15(3)4)23-20(25)16-9-11-18(12-10-16)27-6-2/h9-12,15,17,19H,5-8,13-14H2,1-4H3,(H,22,26)(H,23,25). The average Bonchev–Trinajstić information content (AvgIpc) is 3.12. The summed E-state index contributed by atoms with van der Waals surface area (Å²) in [4.78, 5) is 27.6.